The lowest BCUT2D eigenvalue weighted by molar-refractivity contribution is -0.127. The number of amides is 1. The van der Waals surface area contributed by atoms with Crippen LogP contribution in [0.2, 0.25) is 0 Å². The largest absolute Gasteiger partial charge is 0.346 e. The van der Waals surface area contributed by atoms with Crippen LogP contribution in [-0.2, 0) is 4.79 Å². The maximum atomic E-state index is 12.7. The number of aromatic nitrogens is 1. The number of hydrogen-bond donors (Lipinski definition) is 0. The normalized spacial score (nSPS) is 22.5. The summed E-state index contributed by atoms with van der Waals surface area (Å²) in [6.45, 7) is 6.13. The number of rotatable bonds is 4. The highest BCUT2D eigenvalue weighted by Gasteiger charge is 2.24. The molecule has 1 aliphatic heterocycles. The third-order valence-electron chi connectivity index (χ3n) is 6.31. The lowest BCUT2D eigenvalue weighted by Gasteiger charge is -2.35. The summed E-state index contributed by atoms with van der Waals surface area (Å²) < 4.78 is 2.51. The first-order chi connectivity index (χ1) is 12.5. The molecule has 2 heterocycles. The van der Waals surface area contributed by atoms with Gasteiger partial charge in [0.2, 0.25) is 5.91 Å². The number of carbonyl (C=O) groups is 1. The van der Waals surface area contributed by atoms with E-state index in [-0.39, 0.29) is 5.91 Å². The molecule has 1 saturated carbocycles. The Labute approximate surface area is 158 Å². The van der Waals surface area contributed by atoms with Crippen LogP contribution in [0.15, 0.2) is 12.1 Å². The van der Waals surface area contributed by atoms with E-state index in [1.807, 2.05) is 11.0 Å². The van der Waals surface area contributed by atoms with E-state index >= 15 is 0 Å². The molecule has 0 radical (unpaired) electrons. The zero-order valence-electron chi connectivity index (χ0n) is 17.0. The molecule has 1 atom stereocenters. The molecule has 1 aromatic heterocycles. The summed E-state index contributed by atoms with van der Waals surface area (Å²) in [5.74, 6) is 0.152. The van der Waals surface area contributed by atoms with E-state index in [1.165, 1.54) is 55.5 Å². The van der Waals surface area contributed by atoms with Gasteiger partial charge in [-0.1, -0.05) is 19.3 Å². The molecular weight excluding hydrogens is 322 g/mol. The first kappa shape index (κ1) is 19.2. The highest BCUT2D eigenvalue weighted by atomic mass is 16.2. The zero-order valence-corrected chi connectivity index (χ0v) is 17.0. The molecule has 2 aliphatic rings. The van der Waals surface area contributed by atoms with Gasteiger partial charge in [0.15, 0.2) is 0 Å². The average Bonchev–Trinajstić information content (AvgIpc) is 2.94. The van der Waals surface area contributed by atoms with Crippen molar-refractivity contribution in [1.82, 2.24) is 14.4 Å². The van der Waals surface area contributed by atoms with Crippen molar-refractivity contribution in [2.24, 2.45) is 0 Å². The van der Waals surface area contributed by atoms with Crippen molar-refractivity contribution in [3.63, 3.8) is 0 Å². The smallest absolute Gasteiger partial charge is 0.246 e. The van der Waals surface area contributed by atoms with E-state index in [4.69, 9.17) is 0 Å². The standard InChI is InChI=1S/C22H35N3O/c1-17-15-19(18(2)25(17)20-9-6-5-7-10-20)12-13-22(26)24-14-8-11-21(16-24)23(3)4/h12-13,15,20-21H,5-11,14,16H2,1-4H3/b13-12+. The first-order valence-corrected chi connectivity index (χ1v) is 10.3. The van der Waals surface area contributed by atoms with Crippen LogP contribution >= 0.6 is 0 Å². The second-order valence-electron chi connectivity index (χ2n) is 8.37. The zero-order chi connectivity index (χ0) is 18.7. The van der Waals surface area contributed by atoms with Crippen LogP contribution in [0, 0.1) is 13.8 Å². The molecule has 0 spiro atoms. The molecule has 0 bridgehead atoms. The fourth-order valence-corrected chi connectivity index (χ4v) is 4.72. The molecule has 4 nitrogen and oxygen atoms in total. The molecule has 3 rings (SSSR count). The van der Waals surface area contributed by atoms with Gasteiger partial charge in [-0.25, -0.2) is 0 Å². The van der Waals surface area contributed by atoms with Gasteiger partial charge in [0.25, 0.3) is 0 Å². The molecule has 1 unspecified atom stereocenters. The van der Waals surface area contributed by atoms with Crippen molar-refractivity contribution >= 4 is 12.0 Å². The quantitative estimate of drug-likeness (QED) is 0.757. The Morgan fingerprint density at radius 2 is 1.85 bits per heavy atom. The lowest BCUT2D eigenvalue weighted by Crippen LogP contribution is -2.47. The van der Waals surface area contributed by atoms with Gasteiger partial charge in [-0.15, -0.1) is 0 Å². The molecule has 1 aliphatic carbocycles. The molecule has 1 saturated heterocycles. The molecule has 2 fully saturated rings. The van der Waals surface area contributed by atoms with Gasteiger partial charge < -0.3 is 14.4 Å². The summed E-state index contributed by atoms with van der Waals surface area (Å²) >= 11 is 0. The summed E-state index contributed by atoms with van der Waals surface area (Å²) in [5.41, 5.74) is 3.83. The third-order valence-corrected chi connectivity index (χ3v) is 6.31. The number of likely N-dealkylation sites (N-methyl/N-ethyl adjacent to an activating group) is 1. The molecule has 1 amide bonds. The second-order valence-corrected chi connectivity index (χ2v) is 8.37. The van der Waals surface area contributed by atoms with E-state index < -0.39 is 0 Å². The molecule has 1 aromatic rings. The van der Waals surface area contributed by atoms with Crippen LogP contribution in [-0.4, -0.2) is 53.5 Å². The minimum atomic E-state index is 0.152. The fraction of sp³-hybridized carbons (Fsp3) is 0.682. The average molecular weight is 358 g/mol. The Hall–Kier alpha value is -1.55. The molecular formula is C22H35N3O. The predicted octanol–water partition coefficient (Wildman–Crippen LogP) is 4.18. The molecule has 4 heteroatoms. The van der Waals surface area contributed by atoms with E-state index in [1.54, 1.807) is 6.08 Å². The Bertz CT molecular complexity index is 653. The highest BCUT2D eigenvalue weighted by Crippen LogP contribution is 2.32. The summed E-state index contributed by atoms with van der Waals surface area (Å²) in [6.07, 6.45) is 12.7. The van der Waals surface area contributed by atoms with Crippen molar-refractivity contribution < 1.29 is 4.79 Å². The molecule has 26 heavy (non-hydrogen) atoms. The van der Waals surface area contributed by atoms with Crippen LogP contribution in [0.3, 0.4) is 0 Å². The van der Waals surface area contributed by atoms with E-state index in [0.29, 0.717) is 12.1 Å². The van der Waals surface area contributed by atoms with Crippen LogP contribution in [0.4, 0.5) is 0 Å². The van der Waals surface area contributed by atoms with E-state index in [9.17, 15) is 4.79 Å². The summed E-state index contributed by atoms with van der Waals surface area (Å²) in [5, 5.41) is 0. The summed E-state index contributed by atoms with van der Waals surface area (Å²) in [4.78, 5) is 16.9. The van der Waals surface area contributed by atoms with E-state index in [2.05, 4.69) is 43.5 Å². The number of nitrogens with zero attached hydrogens (tertiary/aromatic N) is 3. The van der Waals surface area contributed by atoms with Crippen molar-refractivity contribution in [3.05, 3.63) is 29.1 Å². The van der Waals surface area contributed by atoms with Gasteiger partial charge in [0.1, 0.15) is 0 Å². The Morgan fingerprint density at radius 1 is 1.12 bits per heavy atom. The minimum Gasteiger partial charge on any atom is -0.346 e. The van der Waals surface area contributed by atoms with E-state index in [0.717, 1.165) is 19.5 Å². The van der Waals surface area contributed by atoms with Gasteiger partial charge in [0.05, 0.1) is 0 Å². The molecule has 0 aromatic carbocycles. The summed E-state index contributed by atoms with van der Waals surface area (Å²) in [6, 6.07) is 3.37. The van der Waals surface area contributed by atoms with Crippen molar-refractivity contribution in [2.75, 3.05) is 27.2 Å². The molecule has 144 valence electrons. The maximum absolute atomic E-state index is 12.7. The summed E-state index contributed by atoms with van der Waals surface area (Å²) in [7, 11) is 4.21. The number of hydrogen-bond acceptors (Lipinski definition) is 2. The maximum Gasteiger partial charge on any atom is 0.246 e. The highest BCUT2D eigenvalue weighted by molar-refractivity contribution is 5.92. The minimum absolute atomic E-state index is 0.152. The van der Waals surface area contributed by atoms with Crippen LogP contribution in [0.25, 0.3) is 6.08 Å². The monoisotopic (exact) mass is 357 g/mol. The van der Waals surface area contributed by atoms with Crippen molar-refractivity contribution in [1.29, 1.82) is 0 Å². The van der Waals surface area contributed by atoms with Crippen molar-refractivity contribution in [2.45, 2.75) is 70.9 Å². The van der Waals surface area contributed by atoms with Gasteiger partial charge in [-0.3, -0.25) is 4.79 Å². The van der Waals surface area contributed by atoms with Crippen LogP contribution in [0.5, 0.6) is 0 Å². The first-order valence-electron chi connectivity index (χ1n) is 10.3. The lowest BCUT2D eigenvalue weighted by atomic mass is 9.95. The third kappa shape index (κ3) is 4.22. The van der Waals surface area contributed by atoms with Gasteiger partial charge in [-0.05, 0) is 71.3 Å². The van der Waals surface area contributed by atoms with Gasteiger partial charge >= 0.3 is 0 Å². The molecule has 0 N–H and O–H groups in total. The SMILES string of the molecule is Cc1cc(/C=C/C(=O)N2CCCC(N(C)C)C2)c(C)n1C1CCCCC1. The van der Waals surface area contributed by atoms with Crippen LogP contribution in [0.1, 0.15) is 67.9 Å². The van der Waals surface area contributed by atoms with Crippen molar-refractivity contribution in [3.8, 4) is 0 Å². The fourth-order valence-electron chi connectivity index (χ4n) is 4.72. The topological polar surface area (TPSA) is 28.5 Å². The predicted molar refractivity (Wildman–Crippen MR) is 108 cm³/mol. The Morgan fingerprint density at radius 3 is 2.54 bits per heavy atom. The second kappa shape index (κ2) is 8.43. The number of carbonyl (C=O) groups excluding carboxylic acids is 1. The van der Waals surface area contributed by atoms with Gasteiger partial charge in [-0.2, -0.15) is 0 Å². The Balaban J connectivity index is 1.69. The number of piperidine rings is 1. The number of likely N-dealkylation sites (tertiary alicyclic amines) is 1. The van der Waals surface area contributed by atoms with Crippen LogP contribution < -0.4 is 0 Å². The Kier molecular flexibility index (Phi) is 6.23. The number of aryl methyl sites for hydroxylation is 1. The van der Waals surface area contributed by atoms with Gasteiger partial charge in [0, 0.05) is 42.6 Å².